The van der Waals surface area contributed by atoms with Gasteiger partial charge in [0.2, 0.25) is 4.34 Å². The van der Waals surface area contributed by atoms with Crippen LogP contribution in [0.1, 0.15) is 25.8 Å². The van der Waals surface area contributed by atoms with Gasteiger partial charge in [-0.1, -0.05) is 32.1 Å². The maximum Gasteiger partial charge on any atom is 0.267 e. The molecule has 0 aliphatic carbocycles. The molecule has 5 nitrogen and oxygen atoms in total. The average molecular weight is 221 g/mol. The Morgan fingerprint density at radius 2 is 1.85 bits per heavy atom. The van der Waals surface area contributed by atoms with E-state index < -0.39 is 10.0 Å². The van der Waals surface area contributed by atoms with Gasteiger partial charge in [-0.3, -0.25) is 0 Å². The van der Waals surface area contributed by atoms with E-state index >= 15 is 0 Å². The topological polar surface area (TPSA) is 85.9 Å². The number of primary sulfonamides is 1. The van der Waals surface area contributed by atoms with Gasteiger partial charge < -0.3 is 0 Å². The van der Waals surface area contributed by atoms with E-state index in [0.29, 0.717) is 5.01 Å². The van der Waals surface area contributed by atoms with Crippen LogP contribution in [0.3, 0.4) is 0 Å². The fourth-order valence-corrected chi connectivity index (χ4v) is 2.12. The van der Waals surface area contributed by atoms with Gasteiger partial charge in [0.25, 0.3) is 10.0 Å². The molecular formula is C6H11N3O2S2. The number of sulfonamides is 1. The van der Waals surface area contributed by atoms with Crippen molar-refractivity contribution in [2.75, 3.05) is 0 Å². The van der Waals surface area contributed by atoms with Gasteiger partial charge in [-0.2, -0.15) is 0 Å². The highest BCUT2D eigenvalue weighted by atomic mass is 32.2. The van der Waals surface area contributed by atoms with Crippen LogP contribution < -0.4 is 5.14 Å². The van der Waals surface area contributed by atoms with Crippen LogP contribution >= 0.6 is 11.3 Å². The van der Waals surface area contributed by atoms with Crippen molar-refractivity contribution < 1.29 is 8.42 Å². The lowest BCUT2D eigenvalue weighted by Crippen LogP contribution is -2.11. The molecule has 0 amide bonds. The first kappa shape index (κ1) is 10.6. The highest BCUT2D eigenvalue weighted by Crippen LogP contribution is 2.26. The Balaban J connectivity index is 3.16. The number of nitrogens with zero attached hydrogens (tertiary/aromatic N) is 2. The molecule has 13 heavy (non-hydrogen) atoms. The first-order valence-corrected chi connectivity index (χ1v) is 5.94. The molecular weight excluding hydrogens is 210 g/mol. The van der Waals surface area contributed by atoms with Crippen molar-refractivity contribution >= 4 is 21.4 Å². The smallest absolute Gasteiger partial charge is 0.223 e. The van der Waals surface area contributed by atoms with Crippen molar-refractivity contribution in [2.45, 2.75) is 30.5 Å². The quantitative estimate of drug-likeness (QED) is 0.747. The highest BCUT2D eigenvalue weighted by molar-refractivity contribution is 7.91. The van der Waals surface area contributed by atoms with Crippen LogP contribution in [-0.2, 0) is 15.4 Å². The second kappa shape index (κ2) is 3.00. The van der Waals surface area contributed by atoms with Crippen LogP contribution in [0, 0.1) is 0 Å². The average Bonchev–Trinajstić information content (AvgIpc) is 2.28. The van der Waals surface area contributed by atoms with E-state index in [9.17, 15) is 8.42 Å². The standard InChI is InChI=1S/C6H11N3O2S2/c1-6(2,3)4-8-9-5(12-4)13(7,10)11/h1-3H3,(H2,7,10,11). The van der Waals surface area contributed by atoms with Crippen molar-refractivity contribution in [3.63, 3.8) is 0 Å². The normalized spacial score (nSPS) is 13.2. The summed E-state index contributed by atoms with van der Waals surface area (Å²) < 4.78 is 21.6. The van der Waals surface area contributed by atoms with Crippen LogP contribution in [0.2, 0.25) is 0 Å². The van der Waals surface area contributed by atoms with Gasteiger partial charge in [-0.25, -0.2) is 13.6 Å². The minimum absolute atomic E-state index is 0.127. The van der Waals surface area contributed by atoms with E-state index in [1.165, 1.54) is 0 Å². The van der Waals surface area contributed by atoms with Crippen LogP contribution in [0.5, 0.6) is 0 Å². The summed E-state index contributed by atoms with van der Waals surface area (Å²) in [4.78, 5) is 0. The molecule has 7 heteroatoms. The zero-order valence-corrected chi connectivity index (χ0v) is 9.24. The monoisotopic (exact) mass is 221 g/mol. The lowest BCUT2D eigenvalue weighted by atomic mass is 9.98. The Bertz CT molecular complexity index is 402. The number of nitrogens with two attached hydrogens (primary N) is 1. The second-order valence-electron chi connectivity index (χ2n) is 3.67. The van der Waals surface area contributed by atoms with Gasteiger partial charge in [-0.15, -0.1) is 10.2 Å². The molecule has 0 bridgehead atoms. The van der Waals surface area contributed by atoms with Gasteiger partial charge in [0.15, 0.2) is 0 Å². The van der Waals surface area contributed by atoms with Crippen LogP contribution in [-0.4, -0.2) is 18.6 Å². The van der Waals surface area contributed by atoms with Crippen molar-refractivity contribution in [2.24, 2.45) is 5.14 Å². The summed E-state index contributed by atoms with van der Waals surface area (Å²) in [5.74, 6) is 0. The number of rotatable bonds is 1. The fourth-order valence-electron chi connectivity index (χ4n) is 0.628. The molecule has 2 N–H and O–H groups in total. The van der Waals surface area contributed by atoms with Gasteiger partial charge in [0.05, 0.1) is 0 Å². The minimum Gasteiger partial charge on any atom is -0.223 e. The zero-order valence-electron chi connectivity index (χ0n) is 7.60. The van der Waals surface area contributed by atoms with Crippen molar-refractivity contribution in [3.05, 3.63) is 5.01 Å². The first-order valence-electron chi connectivity index (χ1n) is 3.58. The van der Waals surface area contributed by atoms with E-state index in [1.807, 2.05) is 20.8 Å². The molecule has 1 rings (SSSR count). The lowest BCUT2D eigenvalue weighted by Gasteiger charge is -2.11. The molecule has 0 unspecified atom stereocenters. The largest absolute Gasteiger partial charge is 0.267 e. The number of hydrogen-bond acceptors (Lipinski definition) is 5. The second-order valence-corrected chi connectivity index (χ2v) is 6.38. The van der Waals surface area contributed by atoms with Crippen LogP contribution in [0.25, 0.3) is 0 Å². The zero-order chi connectivity index (χ0) is 10.3. The SMILES string of the molecule is CC(C)(C)c1nnc(S(N)(=O)=O)s1. The Kier molecular flexibility index (Phi) is 2.44. The molecule has 0 spiro atoms. The Labute approximate surface area is 81.0 Å². The molecule has 0 saturated heterocycles. The van der Waals surface area contributed by atoms with Gasteiger partial charge in [-0.05, 0) is 0 Å². The summed E-state index contributed by atoms with van der Waals surface area (Å²) in [6, 6.07) is 0. The predicted octanol–water partition coefficient (Wildman–Crippen LogP) is 0.483. The van der Waals surface area contributed by atoms with E-state index in [2.05, 4.69) is 10.2 Å². The van der Waals surface area contributed by atoms with Crippen molar-refractivity contribution in [3.8, 4) is 0 Å². The van der Waals surface area contributed by atoms with Crippen LogP contribution in [0.15, 0.2) is 4.34 Å². The molecule has 0 aliphatic heterocycles. The molecule has 0 fully saturated rings. The Hall–Kier alpha value is -0.530. The maximum atomic E-state index is 10.9. The van der Waals surface area contributed by atoms with Crippen LogP contribution in [0.4, 0.5) is 0 Å². The van der Waals surface area contributed by atoms with Crippen molar-refractivity contribution in [1.82, 2.24) is 10.2 Å². The fraction of sp³-hybridized carbons (Fsp3) is 0.667. The van der Waals surface area contributed by atoms with E-state index in [1.54, 1.807) is 0 Å². The molecule has 74 valence electrons. The van der Waals surface area contributed by atoms with Gasteiger partial charge >= 0.3 is 0 Å². The van der Waals surface area contributed by atoms with Crippen molar-refractivity contribution in [1.29, 1.82) is 0 Å². The molecule has 1 heterocycles. The van der Waals surface area contributed by atoms with E-state index in [4.69, 9.17) is 5.14 Å². The molecule has 0 radical (unpaired) electrons. The molecule has 1 aromatic heterocycles. The maximum absolute atomic E-state index is 10.9. The van der Waals surface area contributed by atoms with E-state index in [0.717, 1.165) is 11.3 Å². The van der Waals surface area contributed by atoms with Gasteiger partial charge in [0.1, 0.15) is 5.01 Å². The molecule has 1 aromatic rings. The summed E-state index contributed by atoms with van der Waals surface area (Å²) in [6.07, 6.45) is 0. The molecule has 0 aliphatic rings. The third-order valence-corrected chi connectivity index (χ3v) is 3.95. The Morgan fingerprint density at radius 1 is 1.31 bits per heavy atom. The highest BCUT2D eigenvalue weighted by Gasteiger charge is 2.22. The molecule has 0 saturated carbocycles. The third-order valence-electron chi connectivity index (χ3n) is 1.29. The lowest BCUT2D eigenvalue weighted by molar-refractivity contribution is 0.575. The Morgan fingerprint density at radius 3 is 2.08 bits per heavy atom. The van der Waals surface area contributed by atoms with E-state index in [-0.39, 0.29) is 9.75 Å². The molecule has 0 aromatic carbocycles. The summed E-state index contributed by atoms with van der Waals surface area (Å²) in [5, 5.41) is 12.8. The third kappa shape index (κ3) is 2.45. The predicted molar refractivity (Wildman–Crippen MR) is 50.0 cm³/mol. The summed E-state index contributed by atoms with van der Waals surface area (Å²) in [5.41, 5.74) is -0.194. The summed E-state index contributed by atoms with van der Waals surface area (Å²) in [7, 11) is -3.70. The number of aromatic nitrogens is 2. The minimum atomic E-state index is -3.70. The van der Waals surface area contributed by atoms with Gasteiger partial charge in [0, 0.05) is 5.41 Å². The molecule has 0 atom stereocenters. The summed E-state index contributed by atoms with van der Waals surface area (Å²) in [6.45, 7) is 5.79. The number of hydrogen-bond donors (Lipinski definition) is 1. The summed E-state index contributed by atoms with van der Waals surface area (Å²) >= 11 is 1.01. The first-order chi connectivity index (χ1) is 5.71.